The summed E-state index contributed by atoms with van der Waals surface area (Å²) in [7, 11) is 0. The van der Waals surface area contributed by atoms with Gasteiger partial charge in [-0.25, -0.2) is 0 Å². The lowest BCUT2D eigenvalue weighted by Gasteiger charge is -2.20. The number of hydrogen-bond donors (Lipinski definition) is 0. The summed E-state index contributed by atoms with van der Waals surface area (Å²) in [6, 6.07) is 15.6. The quantitative estimate of drug-likeness (QED) is 0.707. The van der Waals surface area contributed by atoms with E-state index in [0.717, 1.165) is 6.42 Å². The van der Waals surface area contributed by atoms with Gasteiger partial charge in [0.25, 0.3) is 0 Å². The molecule has 1 atom stereocenters. The third-order valence-corrected chi connectivity index (χ3v) is 4.50. The Morgan fingerprint density at radius 1 is 0.957 bits per heavy atom. The number of aryl methyl sites for hydroxylation is 3. The zero-order chi connectivity index (χ0) is 17.2. The molecule has 0 saturated carbocycles. The van der Waals surface area contributed by atoms with Crippen molar-refractivity contribution in [2.75, 3.05) is 0 Å². The van der Waals surface area contributed by atoms with Crippen molar-refractivity contribution in [3.8, 4) is 6.07 Å². The highest BCUT2D eigenvalue weighted by atomic mass is 14.3. The molecule has 0 fully saturated rings. The average Bonchev–Trinajstić information content (AvgIpc) is 2.44. The van der Waals surface area contributed by atoms with Crippen molar-refractivity contribution in [1.29, 1.82) is 5.26 Å². The minimum Gasteiger partial charge on any atom is -0.198 e. The number of hydrogen-bond acceptors (Lipinski definition) is 1. The third-order valence-electron chi connectivity index (χ3n) is 4.50. The third kappa shape index (κ3) is 4.02. The van der Waals surface area contributed by atoms with Crippen LogP contribution in [-0.4, -0.2) is 0 Å². The van der Waals surface area contributed by atoms with Crippen molar-refractivity contribution in [2.24, 2.45) is 0 Å². The molecule has 1 unspecified atom stereocenters. The fraction of sp³-hybridized carbons (Fsp3) is 0.409. The first-order chi connectivity index (χ1) is 10.7. The second kappa shape index (κ2) is 6.59. The minimum atomic E-state index is -0.0870. The van der Waals surface area contributed by atoms with Crippen molar-refractivity contribution >= 4 is 0 Å². The van der Waals surface area contributed by atoms with Crippen LogP contribution in [0.3, 0.4) is 0 Å². The van der Waals surface area contributed by atoms with Crippen LogP contribution in [-0.2, 0) is 11.8 Å². The SMILES string of the molecule is Cc1cc(C)c(C(C#N)Cc2ccc(C(C)(C)C)cc2)c(C)c1. The van der Waals surface area contributed by atoms with Crippen LogP contribution < -0.4 is 0 Å². The Morgan fingerprint density at radius 2 is 1.48 bits per heavy atom. The first-order valence-corrected chi connectivity index (χ1v) is 8.29. The van der Waals surface area contributed by atoms with Gasteiger partial charge in [-0.3, -0.25) is 0 Å². The highest BCUT2D eigenvalue weighted by molar-refractivity contribution is 5.43. The summed E-state index contributed by atoms with van der Waals surface area (Å²) in [5.41, 5.74) is 7.62. The van der Waals surface area contributed by atoms with Gasteiger partial charge in [-0.15, -0.1) is 0 Å². The predicted molar refractivity (Wildman–Crippen MR) is 97.9 cm³/mol. The Balaban J connectivity index is 2.29. The Morgan fingerprint density at radius 3 is 1.91 bits per heavy atom. The van der Waals surface area contributed by atoms with Crippen LogP contribution in [0.25, 0.3) is 0 Å². The van der Waals surface area contributed by atoms with E-state index in [4.69, 9.17) is 0 Å². The van der Waals surface area contributed by atoms with Crippen LogP contribution in [0.5, 0.6) is 0 Å². The lowest BCUT2D eigenvalue weighted by molar-refractivity contribution is 0.590. The number of nitrogens with zero attached hydrogens (tertiary/aromatic N) is 1. The van der Waals surface area contributed by atoms with Gasteiger partial charge in [0.05, 0.1) is 12.0 Å². The maximum Gasteiger partial charge on any atom is 0.0758 e. The van der Waals surface area contributed by atoms with E-state index in [1.165, 1.54) is 33.4 Å². The van der Waals surface area contributed by atoms with Crippen molar-refractivity contribution in [2.45, 2.75) is 59.3 Å². The number of nitriles is 1. The summed E-state index contributed by atoms with van der Waals surface area (Å²) in [5, 5.41) is 9.69. The summed E-state index contributed by atoms with van der Waals surface area (Å²) >= 11 is 0. The molecule has 0 radical (unpaired) electrons. The summed E-state index contributed by atoms with van der Waals surface area (Å²) in [4.78, 5) is 0. The Bertz CT molecular complexity index is 701. The first kappa shape index (κ1) is 17.3. The van der Waals surface area contributed by atoms with E-state index in [2.05, 4.69) is 84.0 Å². The van der Waals surface area contributed by atoms with Gasteiger partial charge in [-0.05, 0) is 60.4 Å². The first-order valence-electron chi connectivity index (χ1n) is 8.29. The maximum atomic E-state index is 9.69. The molecule has 120 valence electrons. The van der Waals surface area contributed by atoms with Crippen LogP contribution in [0.15, 0.2) is 36.4 Å². The van der Waals surface area contributed by atoms with Crippen molar-refractivity contribution in [3.05, 3.63) is 69.8 Å². The molecule has 23 heavy (non-hydrogen) atoms. The van der Waals surface area contributed by atoms with E-state index < -0.39 is 0 Å². The molecule has 1 heteroatoms. The summed E-state index contributed by atoms with van der Waals surface area (Å²) in [6.45, 7) is 13.0. The molecule has 0 N–H and O–H groups in total. The highest BCUT2D eigenvalue weighted by Gasteiger charge is 2.18. The molecule has 0 aliphatic carbocycles. The normalized spacial score (nSPS) is 12.7. The summed E-state index contributed by atoms with van der Waals surface area (Å²) < 4.78 is 0. The van der Waals surface area contributed by atoms with Crippen LogP contribution in [0.1, 0.15) is 60.1 Å². The largest absolute Gasteiger partial charge is 0.198 e. The maximum absolute atomic E-state index is 9.69. The van der Waals surface area contributed by atoms with Gasteiger partial charge in [0.2, 0.25) is 0 Å². The molecule has 0 aliphatic rings. The molecular formula is C22H27N. The standard InChI is InChI=1S/C22H27N/c1-15-11-16(2)21(17(3)12-15)19(14-23)13-18-7-9-20(10-8-18)22(4,5)6/h7-12,19H,13H2,1-6H3. The van der Waals surface area contributed by atoms with Crippen LogP contribution in [0.2, 0.25) is 0 Å². The smallest absolute Gasteiger partial charge is 0.0758 e. The molecule has 2 rings (SSSR count). The van der Waals surface area contributed by atoms with Crippen LogP contribution in [0, 0.1) is 32.1 Å². The van der Waals surface area contributed by atoms with Gasteiger partial charge in [-0.1, -0.05) is 62.7 Å². The fourth-order valence-electron chi connectivity index (χ4n) is 3.33. The lowest BCUT2D eigenvalue weighted by atomic mass is 9.84. The average molecular weight is 305 g/mol. The zero-order valence-corrected chi connectivity index (χ0v) is 15.2. The molecule has 0 spiro atoms. The molecule has 1 nitrogen and oxygen atoms in total. The number of rotatable bonds is 3. The lowest BCUT2D eigenvalue weighted by Crippen LogP contribution is -2.11. The summed E-state index contributed by atoms with van der Waals surface area (Å²) in [6.07, 6.45) is 0.770. The molecule has 2 aromatic rings. The van der Waals surface area contributed by atoms with Gasteiger partial charge < -0.3 is 0 Å². The molecule has 0 amide bonds. The second-order valence-corrected chi connectivity index (χ2v) is 7.65. The molecular weight excluding hydrogens is 278 g/mol. The molecule has 0 aromatic heterocycles. The monoisotopic (exact) mass is 305 g/mol. The Hall–Kier alpha value is -2.07. The molecule has 0 saturated heterocycles. The van der Waals surface area contributed by atoms with Gasteiger partial charge in [0.1, 0.15) is 0 Å². The van der Waals surface area contributed by atoms with E-state index in [1.54, 1.807) is 0 Å². The topological polar surface area (TPSA) is 23.8 Å². The zero-order valence-electron chi connectivity index (χ0n) is 15.2. The second-order valence-electron chi connectivity index (χ2n) is 7.65. The van der Waals surface area contributed by atoms with E-state index in [1.807, 2.05) is 0 Å². The van der Waals surface area contributed by atoms with E-state index in [0.29, 0.717) is 0 Å². The van der Waals surface area contributed by atoms with E-state index in [9.17, 15) is 5.26 Å². The van der Waals surface area contributed by atoms with Crippen molar-refractivity contribution in [3.63, 3.8) is 0 Å². The van der Waals surface area contributed by atoms with E-state index in [-0.39, 0.29) is 11.3 Å². The minimum absolute atomic E-state index is 0.0870. The highest BCUT2D eigenvalue weighted by Crippen LogP contribution is 2.29. The summed E-state index contributed by atoms with van der Waals surface area (Å²) in [5.74, 6) is -0.0870. The fourth-order valence-corrected chi connectivity index (χ4v) is 3.33. The van der Waals surface area contributed by atoms with Crippen LogP contribution >= 0.6 is 0 Å². The van der Waals surface area contributed by atoms with Crippen molar-refractivity contribution < 1.29 is 0 Å². The molecule has 0 aliphatic heterocycles. The molecule has 2 aromatic carbocycles. The number of benzene rings is 2. The van der Waals surface area contributed by atoms with E-state index >= 15 is 0 Å². The predicted octanol–water partition coefficient (Wildman–Crippen LogP) is 5.76. The Kier molecular flexibility index (Phi) is 4.95. The van der Waals surface area contributed by atoms with Gasteiger partial charge in [0.15, 0.2) is 0 Å². The molecule has 0 bridgehead atoms. The van der Waals surface area contributed by atoms with Gasteiger partial charge in [-0.2, -0.15) is 5.26 Å². The van der Waals surface area contributed by atoms with Crippen LogP contribution in [0.4, 0.5) is 0 Å². The molecule has 0 heterocycles. The van der Waals surface area contributed by atoms with Crippen molar-refractivity contribution in [1.82, 2.24) is 0 Å². The van der Waals surface area contributed by atoms with Gasteiger partial charge in [0, 0.05) is 0 Å². The Labute approximate surface area is 141 Å². The van der Waals surface area contributed by atoms with Gasteiger partial charge >= 0.3 is 0 Å².